The molecule has 3 heterocycles. The zero-order valence-corrected chi connectivity index (χ0v) is 17.2. The molecule has 4 rings (SSSR count). The van der Waals surface area contributed by atoms with Crippen LogP contribution < -0.4 is 5.73 Å². The number of rotatable bonds is 8. The summed E-state index contributed by atoms with van der Waals surface area (Å²) in [5, 5.41) is 0. The Morgan fingerprint density at radius 1 is 1.13 bits per heavy atom. The molecule has 1 aromatic carbocycles. The number of pyridine rings is 1. The molecule has 0 saturated carbocycles. The van der Waals surface area contributed by atoms with Crippen LogP contribution in [0.5, 0.6) is 0 Å². The van der Waals surface area contributed by atoms with Gasteiger partial charge in [0.05, 0.1) is 19.4 Å². The number of nitrogens with zero attached hydrogens (tertiary/aromatic N) is 3. The molecule has 0 radical (unpaired) electrons. The highest BCUT2D eigenvalue weighted by Gasteiger charge is 2.33. The molecule has 1 fully saturated rings. The highest BCUT2D eigenvalue weighted by atomic mass is 16.5. The maximum atomic E-state index is 12.7. The van der Waals surface area contributed by atoms with E-state index in [1.54, 1.807) is 42.9 Å². The largest absolute Gasteiger partial charge is 0.472 e. The van der Waals surface area contributed by atoms with Crippen molar-refractivity contribution >= 4 is 11.7 Å². The molecule has 8 heteroatoms. The second kappa shape index (κ2) is 9.72. The predicted molar refractivity (Wildman–Crippen MR) is 114 cm³/mol. The summed E-state index contributed by atoms with van der Waals surface area (Å²) in [6.45, 7) is 2.86. The first-order valence-electron chi connectivity index (χ1n) is 10.4. The van der Waals surface area contributed by atoms with E-state index in [4.69, 9.17) is 15.2 Å². The number of hydrogen-bond acceptors (Lipinski definition) is 7. The van der Waals surface area contributed by atoms with E-state index in [9.17, 15) is 9.59 Å². The maximum Gasteiger partial charge on any atom is 0.217 e. The van der Waals surface area contributed by atoms with Crippen molar-refractivity contribution in [3.63, 3.8) is 0 Å². The van der Waals surface area contributed by atoms with Gasteiger partial charge in [-0.1, -0.05) is 24.3 Å². The van der Waals surface area contributed by atoms with E-state index in [-0.39, 0.29) is 30.5 Å². The summed E-state index contributed by atoms with van der Waals surface area (Å²) in [6, 6.07) is 10.9. The summed E-state index contributed by atoms with van der Waals surface area (Å²) in [6.07, 6.45) is 7.27. The van der Waals surface area contributed by atoms with Crippen LogP contribution in [0.4, 0.5) is 0 Å². The van der Waals surface area contributed by atoms with Crippen LogP contribution in [0.2, 0.25) is 0 Å². The molecule has 2 atom stereocenters. The lowest BCUT2D eigenvalue weighted by molar-refractivity contribution is -0.119. The molecule has 8 nitrogen and oxygen atoms in total. The van der Waals surface area contributed by atoms with Crippen molar-refractivity contribution in [2.24, 2.45) is 5.73 Å². The monoisotopic (exact) mass is 422 g/mol. The number of primary amides is 1. The van der Waals surface area contributed by atoms with Gasteiger partial charge in [0, 0.05) is 54.8 Å². The number of ether oxygens (including phenoxy) is 2. The molecule has 0 aliphatic carbocycles. The molecule has 1 amide bonds. The van der Waals surface area contributed by atoms with E-state index in [2.05, 4.69) is 14.8 Å². The van der Waals surface area contributed by atoms with Gasteiger partial charge in [0.2, 0.25) is 5.91 Å². The Morgan fingerprint density at radius 3 is 2.58 bits per heavy atom. The predicted octanol–water partition coefficient (Wildman–Crippen LogP) is 2.04. The summed E-state index contributed by atoms with van der Waals surface area (Å²) >= 11 is 0. The van der Waals surface area contributed by atoms with Gasteiger partial charge in [-0.25, -0.2) is 0 Å². The summed E-state index contributed by atoms with van der Waals surface area (Å²) in [5.74, 6) is -0.396. The molecule has 0 bridgehead atoms. The minimum absolute atomic E-state index is 0.0446. The molecule has 1 saturated heterocycles. The Morgan fingerprint density at radius 2 is 1.90 bits per heavy atom. The topological polar surface area (TPSA) is 98.0 Å². The third-order valence-electron chi connectivity index (χ3n) is 5.55. The Balaban J connectivity index is 1.52. The lowest BCUT2D eigenvalue weighted by Crippen LogP contribution is -2.51. The number of benzene rings is 1. The van der Waals surface area contributed by atoms with E-state index in [0.717, 1.165) is 18.7 Å². The van der Waals surface area contributed by atoms with Crippen LogP contribution in [-0.4, -0.2) is 58.9 Å². The number of morpholine rings is 1. The van der Waals surface area contributed by atoms with Gasteiger partial charge in [-0.15, -0.1) is 0 Å². The van der Waals surface area contributed by atoms with Gasteiger partial charge >= 0.3 is 0 Å². The number of nitrogens with two attached hydrogens (primary N) is 1. The van der Waals surface area contributed by atoms with Crippen molar-refractivity contribution in [1.82, 2.24) is 14.8 Å². The third kappa shape index (κ3) is 4.92. The Labute approximate surface area is 181 Å². The second-order valence-corrected chi connectivity index (χ2v) is 7.55. The molecule has 162 valence electrons. The van der Waals surface area contributed by atoms with E-state index in [1.165, 1.54) is 0 Å². The number of aromatic nitrogens is 1. The second-order valence-electron chi connectivity index (χ2n) is 7.55. The SMILES string of the molecule is NC(=O)CCC(N1CCOCC1)N1C=COC1c1ccc(C(=O)c2cccnc2)cc1. The first-order chi connectivity index (χ1) is 15.1. The van der Waals surface area contributed by atoms with Crippen molar-refractivity contribution in [3.8, 4) is 0 Å². The first kappa shape index (κ1) is 21.0. The van der Waals surface area contributed by atoms with Gasteiger partial charge in [0.1, 0.15) is 6.26 Å². The van der Waals surface area contributed by atoms with Gasteiger partial charge in [0.25, 0.3) is 0 Å². The summed E-state index contributed by atoms with van der Waals surface area (Å²) in [7, 11) is 0. The van der Waals surface area contributed by atoms with Crippen LogP contribution >= 0.6 is 0 Å². The standard InChI is InChI=1S/C23H26N4O4/c24-20(28)7-8-21(26-10-13-30-14-11-26)27-12-15-31-23(27)18-5-3-17(4-6-18)22(29)19-2-1-9-25-16-19/h1-6,9,12,15-16,21,23H,7-8,10-11,13-14H2,(H2,24,28). The van der Waals surface area contributed by atoms with Gasteiger partial charge in [-0.2, -0.15) is 0 Å². The van der Waals surface area contributed by atoms with Gasteiger partial charge in [-0.05, 0) is 18.6 Å². The fraction of sp³-hybridized carbons (Fsp3) is 0.348. The van der Waals surface area contributed by atoms with Gasteiger partial charge in [-0.3, -0.25) is 19.5 Å². The molecule has 2 aliphatic heterocycles. The van der Waals surface area contributed by atoms with Crippen molar-refractivity contribution in [3.05, 3.63) is 77.9 Å². The molecule has 0 spiro atoms. The quantitative estimate of drug-likeness (QED) is 0.650. The van der Waals surface area contributed by atoms with Crippen molar-refractivity contribution in [1.29, 1.82) is 0 Å². The fourth-order valence-corrected chi connectivity index (χ4v) is 3.96. The Hall–Kier alpha value is -3.23. The molecular weight excluding hydrogens is 396 g/mol. The van der Waals surface area contributed by atoms with E-state index >= 15 is 0 Å². The summed E-state index contributed by atoms with van der Waals surface area (Å²) in [4.78, 5) is 32.5. The van der Waals surface area contributed by atoms with E-state index in [1.807, 2.05) is 18.3 Å². The number of hydrogen-bond donors (Lipinski definition) is 1. The van der Waals surface area contributed by atoms with Crippen LogP contribution in [0.3, 0.4) is 0 Å². The third-order valence-corrected chi connectivity index (χ3v) is 5.55. The molecule has 2 aromatic rings. The Kier molecular flexibility index (Phi) is 6.59. The zero-order valence-electron chi connectivity index (χ0n) is 17.2. The van der Waals surface area contributed by atoms with Crippen LogP contribution in [-0.2, 0) is 14.3 Å². The number of ketones is 1. The maximum absolute atomic E-state index is 12.7. The van der Waals surface area contributed by atoms with Crippen LogP contribution in [0, 0.1) is 0 Å². The molecular formula is C23H26N4O4. The lowest BCUT2D eigenvalue weighted by atomic mass is 10.0. The smallest absolute Gasteiger partial charge is 0.217 e. The molecule has 2 N–H and O–H groups in total. The Bertz CT molecular complexity index is 926. The molecule has 2 unspecified atom stereocenters. The minimum Gasteiger partial charge on any atom is -0.472 e. The van der Waals surface area contributed by atoms with Gasteiger partial charge < -0.3 is 20.1 Å². The zero-order chi connectivity index (χ0) is 21.6. The van der Waals surface area contributed by atoms with Crippen LogP contribution in [0.15, 0.2) is 61.3 Å². The van der Waals surface area contributed by atoms with Crippen molar-refractivity contribution < 1.29 is 19.1 Å². The average Bonchev–Trinajstić information content (AvgIpc) is 3.29. The highest BCUT2D eigenvalue weighted by molar-refractivity contribution is 6.08. The highest BCUT2D eigenvalue weighted by Crippen LogP contribution is 2.33. The van der Waals surface area contributed by atoms with Crippen molar-refractivity contribution in [2.45, 2.75) is 25.2 Å². The first-order valence-corrected chi connectivity index (χ1v) is 10.4. The average molecular weight is 422 g/mol. The summed E-state index contributed by atoms with van der Waals surface area (Å²) < 4.78 is 11.4. The number of carbonyl (C=O) groups excluding carboxylic acids is 2. The van der Waals surface area contributed by atoms with E-state index in [0.29, 0.717) is 30.8 Å². The van der Waals surface area contributed by atoms with Crippen molar-refractivity contribution in [2.75, 3.05) is 26.3 Å². The fourth-order valence-electron chi connectivity index (χ4n) is 3.96. The van der Waals surface area contributed by atoms with E-state index < -0.39 is 0 Å². The minimum atomic E-state index is -0.344. The number of carbonyl (C=O) groups is 2. The summed E-state index contributed by atoms with van der Waals surface area (Å²) in [5.41, 5.74) is 7.48. The van der Waals surface area contributed by atoms with Crippen LogP contribution in [0.1, 0.15) is 40.6 Å². The lowest BCUT2D eigenvalue weighted by Gasteiger charge is -2.41. The number of amides is 1. The van der Waals surface area contributed by atoms with Crippen LogP contribution in [0.25, 0.3) is 0 Å². The molecule has 1 aromatic heterocycles. The van der Waals surface area contributed by atoms with Gasteiger partial charge in [0.15, 0.2) is 12.0 Å². The molecule has 31 heavy (non-hydrogen) atoms. The normalized spacial score (nSPS) is 19.7. The molecule has 2 aliphatic rings.